The summed E-state index contributed by atoms with van der Waals surface area (Å²) in [5, 5.41) is 1.27. The van der Waals surface area contributed by atoms with Crippen LogP contribution in [0.25, 0.3) is 10.9 Å². The van der Waals surface area contributed by atoms with Gasteiger partial charge < -0.3 is 10.3 Å². The number of fused-ring (bicyclic) bond motifs is 1. The SMILES string of the molecule is CC(C)c1c(CN)c2cc(Br)ccc2n1C. The van der Waals surface area contributed by atoms with Gasteiger partial charge in [0.25, 0.3) is 0 Å². The molecule has 0 bridgehead atoms. The van der Waals surface area contributed by atoms with E-state index in [1.165, 1.54) is 22.2 Å². The van der Waals surface area contributed by atoms with E-state index in [4.69, 9.17) is 5.73 Å². The lowest BCUT2D eigenvalue weighted by atomic mass is 10.0. The molecule has 1 aromatic heterocycles. The Morgan fingerprint density at radius 2 is 2.06 bits per heavy atom. The smallest absolute Gasteiger partial charge is 0.0484 e. The molecule has 0 fully saturated rings. The van der Waals surface area contributed by atoms with Crippen LogP contribution in [0.5, 0.6) is 0 Å². The van der Waals surface area contributed by atoms with Crippen molar-refractivity contribution in [3.05, 3.63) is 33.9 Å². The lowest BCUT2D eigenvalue weighted by Crippen LogP contribution is -2.05. The zero-order chi connectivity index (χ0) is 11.9. The Labute approximate surface area is 105 Å². The molecule has 2 rings (SSSR count). The van der Waals surface area contributed by atoms with Crippen molar-refractivity contribution in [2.45, 2.75) is 26.3 Å². The standard InChI is InChI=1S/C13H17BrN2/c1-8(2)13-11(7-15)10-6-9(14)4-5-12(10)16(13)3/h4-6,8H,7,15H2,1-3H3. The molecule has 2 aromatic rings. The van der Waals surface area contributed by atoms with Crippen LogP contribution in [0.2, 0.25) is 0 Å². The molecule has 86 valence electrons. The Balaban J connectivity index is 2.85. The molecule has 0 amide bonds. The van der Waals surface area contributed by atoms with Crippen molar-refractivity contribution in [1.82, 2.24) is 4.57 Å². The van der Waals surface area contributed by atoms with Crippen molar-refractivity contribution < 1.29 is 0 Å². The second-order valence-electron chi connectivity index (χ2n) is 4.44. The first kappa shape index (κ1) is 11.7. The van der Waals surface area contributed by atoms with Crippen LogP contribution >= 0.6 is 15.9 Å². The summed E-state index contributed by atoms with van der Waals surface area (Å²) in [6.45, 7) is 5.02. The van der Waals surface area contributed by atoms with Crippen LogP contribution in [0.15, 0.2) is 22.7 Å². The first-order valence-corrected chi connectivity index (χ1v) is 6.32. The quantitative estimate of drug-likeness (QED) is 0.897. The number of aromatic nitrogens is 1. The molecule has 3 heteroatoms. The molecule has 0 spiro atoms. The molecule has 16 heavy (non-hydrogen) atoms. The second-order valence-corrected chi connectivity index (χ2v) is 5.36. The molecule has 0 aliphatic carbocycles. The maximum Gasteiger partial charge on any atom is 0.0484 e. The Morgan fingerprint density at radius 1 is 1.38 bits per heavy atom. The van der Waals surface area contributed by atoms with Crippen molar-refractivity contribution in [2.24, 2.45) is 12.8 Å². The highest BCUT2D eigenvalue weighted by molar-refractivity contribution is 9.10. The van der Waals surface area contributed by atoms with E-state index in [1.807, 2.05) is 0 Å². The van der Waals surface area contributed by atoms with Crippen LogP contribution in [-0.4, -0.2) is 4.57 Å². The molecule has 1 aromatic carbocycles. The fraction of sp³-hybridized carbons (Fsp3) is 0.385. The van der Waals surface area contributed by atoms with E-state index in [2.05, 4.69) is 59.6 Å². The van der Waals surface area contributed by atoms with Crippen molar-refractivity contribution in [2.75, 3.05) is 0 Å². The third-order valence-corrected chi connectivity index (χ3v) is 3.56. The normalized spacial score (nSPS) is 11.6. The van der Waals surface area contributed by atoms with Crippen LogP contribution in [0.4, 0.5) is 0 Å². The summed E-state index contributed by atoms with van der Waals surface area (Å²) in [6.07, 6.45) is 0. The van der Waals surface area contributed by atoms with Gasteiger partial charge in [0.05, 0.1) is 0 Å². The molecule has 0 radical (unpaired) electrons. The third kappa shape index (κ3) is 1.68. The summed E-state index contributed by atoms with van der Waals surface area (Å²) in [7, 11) is 2.12. The van der Waals surface area contributed by atoms with E-state index in [9.17, 15) is 0 Å². The summed E-state index contributed by atoms with van der Waals surface area (Å²) in [6, 6.07) is 6.38. The fourth-order valence-electron chi connectivity index (χ4n) is 2.46. The van der Waals surface area contributed by atoms with E-state index in [-0.39, 0.29) is 0 Å². The van der Waals surface area contributed by atoms with Gasteiger partial charge in [-0.15, -0.1) is 0 Å². The number of benzene rings is 1. The van der Waals surface area contributed by atoms with Gasteiger partial charge in [-0.05, 0) is 29.7 Å². The zero-order valence-corrected chi connectivity index (χ0v) is 11.5. The van der Waals surface area contributed by atoms with Crippen molar-refractivity contribution in [3.8, 4) is 0 Å². The summed E-state index contributed by atoms with van der Waals surface area (Å²) in [4.78, 5) is 0. The summed E-state index contributed by atoms with van der Waals surface area (Å²) < 4.78 is 3.37. The van der Waals surface area contributed by atoms with Crippen LogP contribution in [0.3, 0.4) is 0 Å². The van der Waals surface area contributed by atoms with E-state index in [0.29, 0.717) is 12.5 Å². The minimum atomic E-state index is 0.495. The highest BCUT2D eigenvalue weighted by Crippen LogP contribution is 2.31. The van der Waals surface area contributed by atoms with Gasteiger partial charge in [-0.1, -0.05) is 29.8 Å². The van der Waals surface area contributed by atoms with Gasteiger partial charge >= 0.3 is 0 Å². The lowest BCUT2D eigenvalue weighted by molar-refractivity contribution is 0.739. The first-order chi connectivity index (χ1) is 7.56. The number of aryl methyl sites for hydroxylation is 1. The molecule has 0 unspecified atom stereocenters. The molecular weight excluding hydrogens is 264 g/mol. The Kier molecular flexibility index (Phi) is 3.08. The van der Waals surface area contributed by atoms with E-state index in [0.717, 1.165) is 4.47 Å². The van der Waals surface area contributed by atoms with Gasteiger partial charge in [0.2, 0.25) is 0 Å². The summed E-state index contributed by atoms with van der Waals surface area (Å²) in [5.41, 5.74) is 9.76. The molecule has 2 N–H and O–H groups in total. The predicted octanol–water partition coefficient (Wildman–Crippen LogP) is 3.52. The third-order valence-electron chi connectivity index (χ3n) is 3.07. The average Bonchev–Trinajstić information content (AvgIpc) is 2.50. The Morgan fingerprint density at radius 3 is 2.62 bits per heavy atom. The molecule has 0 aliphatic heterocycles. The number of halogens is 1. The van der Waals surface area contributed by atoms with E-state index >= 15 is 0 Å². The highest BCUT2D eigenvalue weighted by Gasteiger charge is 2.16. The minimum Gasteiger partial charge on any atom is -0.347 e. The molecule has 0 aliphatic rings. The Hall–Kier alpha value is -0.800. The van der Waals surface area contributed by atoms with Crippen molar-refractivity contribution in [3.63, 3.8) is 0 Å². The van der Waals surface area contributed by atoms with Gasteiger partial charge in [0.15, 0.2) is 0 Å². The monoisotopic (exact) mass is 280 g/mol. The van der Waals surface area contributed by atoms with Gasteiger partial charge in [-0.25, -0.2) is 0 Å². The van der Waals surface area contributed by atoms with Gasteiger partial charge in [-0.3, -0.25) is 0 Å². The maximum absolute atomic E-state index is 5.89. The second kappa shape index (κ2) is 4.22. The molecule has 2 nitrogen and oxygen atoms in total. The largest absolute Gasteiger partial charge is 0.347 e. The van der Waals surface area contributed by atoms with Crippen LogP contribution in [0.1, 0.15) is 31.0 Å². The Bertz CT molecular complexity index is 526. The van der Waals surface area contributed by atoms with Crippen molar-refractivity contribution in [1.29, 1.82) is 0 Å². The fourth-order valence-corrected chi connectivity index (χ4v) is 2.82. The zero-order valence-electron chi connectivity index (χ0n) is 9.92. The number of rotatable bonds is 2. The lowest BCUT2D eigenvalue weighted by Gasteiger charge is -2.10. The number of nitrogens with two attached hydrogens (primary N) is 1. The van der Waals surface area contributed by atoms with Crippen LogP contribution in [0, 0.1) is 0 Å². The van der Waals surface area contributed by atoms with Gasteiger partial charge in [0.1, 0.15) is 0 Å². The van der Waals surface area contributed by atoms with Crippen LogP contribution < -0.4 is 5.73 Å². The maximum atomic E-state index is 5.89. The topological polar surface area (TPSA) is 30.9 Å². The first-order valence-electron chi connectivity index (χ1n) is 5.53. The summed E-state index contributed by atoms with van der Waals surface area (Å²) in [5.74, 6) is 0.495. The van der Waals surface area contributed by atoms with Gasteiger partial charge in [-0.2, -0.15) is 0 Å². The van der Waals surface area contributed by atoms with Crippen LogP contribution in [-0.2, 0) is 13.6 Å². The summed E-state index contributed by atoms with van der Waals surface area (Å²) >= 11 is 3.52. The average molecular weight is 281 g/mol. The molecule has 1 heterocycles. The molecule has 0 saturated carbocycles. The minimum absolute atomic E-state index is 0.495. The number of nitrogens with zero attached hydrogens (tertiary/aromatic N) is 1. The van der Waals surface area contributed by atoms with E-state index < -0.39 is 0 Å². The van der Waals surface area contributed by atoms with Gasteiger partial charge in [0, 0.05) is 34.7 Å². The van der Waals surface area contributed by atoms with Crippen molar-refractivity contribution >= 4 is 26.8 Å². The number of hydrogen-bond donors (Lipinski definition) is 1. The molecule has 0 saturated heterocycles. The molecule has 0 atom stereocenters. The number of hydrogen-bond acceptors (Lipinski definition) is 1. The molecular formula is C13H17BrN2. The highest BCUT2D eigenvalue weighted by atomic mass is 79.9. The van der Waals surface area contributed by atoms with E-state index in [1.54, 1.807) is 0 Å². The predicted molar refractivity (Wildman–Crippen MR) is 72.6 cm³/mol.